The molecule has 38 heavy (non-hydrogen) atoms. The first-order valence-electron chi connectivity index (χ1n) is 13.8. The highest BCUT2D eigenvalue weighted by atomic mass is 16.5. The number of benzene rings is 2. The summed E-state index contributed by atoms with van der Waals surface area (Å²) in [6, 6.07) is 16.0. The lowest BCUT2D eigenvalue weighted by molar-refractivity contribution is -0.139. The van der Waals surface area contributed by atoms with E-state index in [2.05, 4.69) is 31.3 Å². The normalized spacial score (nSPS) is 14.2. The molecule has 0 spiro atoms. The Kier molecular flexibility index (Phi) is 8.70. The Balaban J connectivity index is 1.58. The van der Waals surface area contributed by atoms with Crippen LogP contribution in [-0.4, -0.2) is 28.5 Å². The molecule has 6 nitrogen and oxygen atoms in total. The Hall–Kier alpha value is -3.41. The van der Waals surface area contributed by atoms with Crippen molar-refractivity contribution in [2.24, 2.45) is 17.3 Å². The van der Waals surface area contributed by atoms with Crippen molar-refractivity contribution in [2.45, 2.75) is 72.6 Å². The molecule has 1 heterocycles. The van der Waals surface area contributed by atoms with Gasteiger partial charge in [0, 0.05) is 17.6 Å². The van der Waals surface area contributed by atoms with Crippen LogP contribution in [0.25, 0.3) is 10.8 Å². The Morgan fingerprint density at radius 1 is 1.05 bits per heavy atom. The third-order valence-electron chi connectivity index (χ3n) is 7.23. The molecule has 1 saturated carbocycles. The molecule has 0 aliphatic heterocycles. The second kappa shape index (κ2) is 12.0. The topological polar surface area (TPSA) is 88.5 Å². The van der Waals surface area contributed by atoms with Crippen molar-refractivity contribution >= 4 is 22.6 Å². The molecule has 1 fully saturated rings. The lowest BCUT2D eigenvalue weighted by Gasteiger charge is -2.22. The second-order valence-electron chi connectivity index (χ2n) is 12.0. The number of nitrogens with zero attached hydrogens (tertiary/aromatic N) is 1. The van der Waals surface area contributed by atoms with Crippen LogP contribution in [0.4, 0.5) is 0 Å². The molecular formula is C32H40N2O4. The van der Waals surface area contributed by atoms with Gasteiger partial charge in [0.2, 0.25) is 0 Å². The number of hydrogen-bond acceptors (Lipinski definition) is 4. The number of ether oxygens (including phenoxy) is 1. The minimum absolute atomic E-state index is 0.0193. The van der Waals surface area contributed by atoms with Gasteiger partial charge in [0.25, 0.3) is 5.91 Å². The summed E-state index contributed by atoms with van der Waals surface area (Å²) in [6.45, 7) is 8.36. The monoisotopic (exact) mass is 516 g/mol. The summed E-state index contributed by atoms with van der Waals surface area (Å²) in [7, 11) is 0. The molecule has 0 atom stereocenters. The van der Waals surface area contributed by atoms with Crippen LogP contribution in [0.2, 0.25) is 0 Å². The molecule has 0 bridgehead atoms. The molecule has 4 rings (SSSR count). The Labute approximate surface area is 225 Å². The van der Waals surface area contributed by atoms with E-state index in [4.69, 9.17) is 14.8 Å². The van der Waals surface area contributed by atoms with Crippen molar-refractivity contribution < 1.29 is 19.4 Å². The van der Waals surface area contributed by atoms with Crippen molar-refractivity contribution in [2.75, 3.05) is 6.54 Å². The molecule has 1 aromatic heterocycles. The number of nitrogens with one attached hydrogen (secondary N) is 1. The van der Waals surface area contributed by atoms with Crippen LogP contribution in [0.3, 0.4) is 0 Å². The first-order chi connectivity index (χ1) is 18.1. The van der Waals surface area contributed by atoms with Gasteiger partial charge in [-0.25, -0.2) is 4.98 Å². The number of fused-ring (bicyclic) bond motifs is 1. The largest absolute Gasteiger partial charge is 0.481 e. The van der Waals surface area contributed by atoms with E-state index in [0.717, 1.165) is 40.8 Å². The number of amides is 1. The van der Waals surface area contributed by atoms with Crippen molar-refractivity contribution in [1.82, 2.24) is 10.3 Å². The number of carbonyl (C=O) groups is 2. The molecule has 202 valence electrons. The fourth-order valence-corrected chi connectivity index (χ4v) is 5.30. The fourth-order valence-electron chi connectivity index (χ4n) is 5.30. The summed E-state index contributed by atoms with van der Waals surface area (Å²) >= 11 is 0. The Bertz CT molecular complexity index is 1270. The molecule has 3 aromatic rings. The van der Waals surface area contributed by atoms with E-state index in [1.165, 1.54) is 31.2 Å². The average Bonchev–Trinajstić information content (AvgIpc) is 3.36. The van der Waals surface area contributed by atoms with Gasteiger partial charge in [0.1, 0.15) is 17.2 Å². The highest BCUT2D eigenvalue weighted by molar-refractivity contribution is 5.97. The predicted octanol–water partition coefficient (Wildman–Crippen LogP) is 7.19. The van der Waals surface area contributed by atoms with Crippen LogP contribution in [-0.2, 0) is 17.6 Å². The summed E-state index contributed by atoms with van der Waals surface area (Å²) in [5.74, 6) is 1.56. The minimum atomic E-state index is -0.878. The van der Waals surface area contributed by atoms with Gasteiger partial charge >= 0.3 is 5.97 Å². The third kappa shape index (κ3) is 7.56. The number of pyridine rings is 1. The van der Waals surface area contributed by atoms with Gasteiger partial charge < -0.3 is 15.2 Å². The third-order valence-corrected chi connectivity index (χ3v) is 7.23. The highest BCUT2D eigenvalue weighted by Crippen LogP contribution is 2.33. The van der Waals surface area contributed by atoms with Gasteiger partial charge in [-0.3, -0.25) is 9.59 Å². The number of aliphatic carboxylic acids is 1. The summed E-state index contributed by atoms with van der Waals surface area (Å²) in [6.07, 6.45) is 6.69. The van der Waals surface area contributed by atoms with E-state index in [1.807, 2.05) is 50.2 Å². The molecule has 2 aromatic carbocycles. The molecule has 2 N–H and O–H groups in total. The second-order valence-corrected chi connectivity index (χ2v) is 12.0. The molecule has 0 radical (unpaired) electrons. The number of rotatable bonds is 11. The fraction of sp³-hybridized carbons (Fsp3) is 0.469. The zero-order chi connectivity index (χ0) is 27.3. The van der Waals surface area contributed by atoms with E-state index in [9.17, 15) is 9.59 Å². The quantitative estimate of drug-likeness (QED) is 0.282. The maximum absolute atomic E-state index is 13.1. The van der Waals surface area contributed by atoms with Crippen LogP contribution >= 0.6 is 0 Å². The maximum Gasteiger partial charge on any atom is 0.303 e. The van der Waals surface area contributed by atoms with Crippen LogP contribution in [0.15, 0.2) is 48.5 Å². The molecule has 6 heteroatoms. The van der Waals surface area contributed by atoms with Crippen molar-refractivity contribution in [3.8, 4) is 11.5 Å². The molecular weight excluding hydrogens is 476 g/mol. The first-order valence-corrected chi connectivity index (χ1v) is 13.8. The SMILES string of the molecule is CC(C)Cc1ccc(Oc2ccc3cc(C(=O)NCC(C)(C)CC(=O)O)nc(CC4CCCC4)c3c2)cc1. The van der Waals surface area contributed by atoms with Crippen LogP contribution in [0.5, 0.6) is 11.5 Å². The summed E-state index contributed by atoms with van der Waals surface area (Å²) in [4.78, 5) is 29.0. The van der Waals surface area contributed by atoms with E-state index < -0.39 is 11.4 Å². The van der Waals surface area contributed by atoms with Gasteiger partial charge in [-0.2, -0.15) is 0 Å². The van der Waals surface area contributed by atoms with Gasteiger partial charge in [-0.05, 0) is 71.4 Å². The van der Waals surface area contributed by atoms with E-state index >= 15 is 0 Å². The average molecular weight is 517 g/mol. The van der Waals surface area contributed by atoms with Crippen molar-refractivity contribution in [3.05, 3.63) is 65.5 Å². The highest BCUT2D eigenvalue weighted by Gasteiger charge is 2.24. The van der Waals surface area contributed by atoms with Gasteiger partial charge in [0.05, 0.1) is 6.42 Å². The van der Waals surface area contributed by atoms with Crippen LogP contribution in [0, 0.1) is 17.3 Å². The first kappa shape index (κ1) is 27.6. The summed E-state index contributed by atoms with van der Waals surface area (Å²) in [5, 5.41) is 14.0. The number of carbonyl (C=O) groups excluding carboxylic acids is 1. The smallest absolute Gasteiger partial charge is 0.303 e. The lowest BCUT2D eigenvalue weighted by Crippen LogP contribution is -2.35. The van der Waals surface area contributed by atoms with E-state index in [1.54, 1.807) is 0 Å². The number of hydrogen-bond donors (Lipinski definition) is 2. The number of aromatic nitrogens is 1. The Morgan fingerprint density at radius 3 is 2.39 bits per heavy atom. The molecule has 1 amide bonds. The lowest BCUT2D eigenvalue weighted by atomic mass is 9.89. The van der Waals surface area contributed by atoms with Crippen molar-refractivity contribution in [3.63, 3.8) is 0 Å². The van der Waals surface area contributed by atoms with Crippen LogP contribution < -0.4 is 10.1 Å². The molecule has 0 unspecified atom stereocenters. The number of carboxylic acid groups (broad SMARTS) is 1. The maximum atomic E-state index is 13.1. The van der Waals surface area contributed by atoms with Gasteiger partial charge in [-0.1, -0.05) is 71.6 Å². The standard InChI is InChI=1S/C32H40N2O4/c1-21(2)15-23-9-12-25(13-10-23)38-26-14-11-24-17-29(31(37)33-20-32(3,4)19-30(35)36)34-28(27(24)18-26)16-22-7-5-6-8-22/h9-14,17-18,21-22H,5-8,15-16,19-20H2,1-4H3,(H,33,37)(H,35,36). The van der Waals surface area contributed by atoms with Crippen molar-refractivity contribution in [1.29, 1.82) is 0 Å². The van der Waals surface area contributed by atoms with E-state index in [-0.39, 0.29) is 18.9 Å². The van der Waals surface area contributed by atoms with Gasteiger partial charge in [-0.15, -0.1) is 0 Å². The molecule has 1 aliphatic carbocycles. The Morgan fingerprint density at radius 2 is 1.74 bits per heavy atom. The zero-order valence-corrected chi connectivity index (χ0v) is 23.0. The number of carboxylic acids is 1. The minimum Gasteiger partial charge on any atom is -0.481 e. The van der Waals surface area contributed by atoms with Crippen LogP contribution in [0.1, 0.15) is 81.5 Å². The molecule has 1 aliphatic rings. The predicted molar refractivity (Wildman–Crippen MR) is 151 cm³/mol. The zero-order valence-electron chi connectivity index (χ0n) is 23.0. The van der Waals surface area contributed by atoms with E-state index in [0.29, 0.717) is 17.5 Å². The summed E-state index contributed by atoms with van der Waals surface area (Å²) in [5.41, 5.74) is 2.03. The summed E-state index contributed by atoms with van der Waals surface area (Å²) < 4.78 is 6.20. The van der Waals surface area contributed by atoms with Gasteiger partial charge in [0.15, 0.2) is 0 Å². The molecule has 0 saturated heterocycles.